The van der Waals surface area contributed by atoms with Crippen molar-refractivity contribution < 1.29 is 14.3 Å². The zero-order chi connectivity index (χ0) is 14.1. The average Bonchev–Trinajstić information content (AvgIpc) is 2.34. The molecule has 0 saturated carbocycles. The van der Waals surface area contributed by atoms with Crippen molar-refractivity contribution in [3.63, 3.8) is 0 Å². The first-order valence-electron chi connectivity index (χ1n) is 6.23. The summed E-state index contributed by atoms with van der Waals surface area (Å²) in [7, 11) is 3.25. The van der Waals surface area contributed by atoms with Gasteiger partial charge in [0.15, 0.2) is 0 Å². The zero-order valence-corrected chi connectivity index (χ0v) is 11.7. The fourth-order valence-corrected chi connectivity index (χ4v) is 1.51. The minimum atomic E-state index is -0.638. The number of likely N-dealkylation sites (N-methyl/N-ethyl adjacent to an activating group) is 2. The van der Waals surface area contributed by atoms with E-state index < -0.39 is 6.04 Å². The van der Waals surface area contributed by atoms with Gasteiger partial charge in [-0.1, -0.05) is 13.8 Å². The summed E-state index contributed by atoms with van der Waals surface area (Å²) in [6.07, 6.45) is 1.04. The second-order valence-electron chi connectivity index (χ2n) is 4.65. The zero-order valence-electron chi connectivity index (χ0n) is 11.7. The standard InChI is InChI=1S/C12H25N3O3/c1-8(2)7-10(14-3)12(17)18-6-5-9(13)11(16)15-4/h8-10,14H,5-7,13H2,1-4H3,(H,15,16)/t9-,10-/m0/s1. The van der Waals surface area contributed by atoms with Crippen molar-refractivity contribution in [2.45, 2.75) is 38.8 Å². The quantitative estimate of drug-likeness (QED) is 0.517. The summed E-state index contributed by atoms with van der Waals surface area (Å²) in [4.78, 5) is 22.8. The van der Waals surface area contributed by atoms with Crippen molar-refractivity contribution in [2.24, 2.45) is 11.7 Å². The summed E-state index contributed by atoms with van der Waals surface area (Å²) in [6, 6.07) is -0.942. The van der Waals surface area contributed by atoms with Crippen LogP contribution < -0.4 is 16.4 Å². The van der Waals surface area contributed by atoms with Crippen molar-refractivity contribution in [3.05, 3.63) is 0 Å². The van der Waals surface area contributed by atoms with Crippen LogP contribution in [0.1, 0.15) is 26.7 Å². The number of hydrogen-bond acceptors (Lipinski definition) is 5. The second kappa shape index (κ2) is 8.88. The van der Waals surface area contributed by atoms with E-state index in [4.69, 9.17) is 10.5 Å². The molecule has 6 nitrogen and oxygen atoms in total. The van der Waals surface area contributed by atoms with Gasteiger partial charge in [0.1, 0.15) is 6.04 Å². The number of carbonyl (C=O) groups excluding carboxylic acids is 2. The molecule has 0 rings (SSSR count). The maximum Gasteiger partial charge on any atom is 0.323 e. The summed E-state index contributed by atoms with van der Waals surface area (Å²) in [5.74, 6) is -0.142. The Hall–Kier alpha value is -1.14. The molecular weight excluding hydrogens is 234 g/mol. The SMILES string of the molecule is CNC(=O)[C@@H](N)CCOC(=O)[C@H](CC(C)C)NC. The number of ether oxygens (including phenoxy) is 1. The van der Waals surface area contributed by atoms with Gasteiger partial charge < -0.3 is 21.1 Å². The molecule has 0 aromatic carbocycles. The van der Waals surface area contributed by atoms with Gasteiger partial charge in [0.2, 0.25) is 5.91 Å². The Kier molecular flexibility index (Phi) is 8.32. The Labute approximate surface area is 109 Å². The fourth-order valence-electron chi connectivity index (χ4n) is 1.51. The summed E-state index contributed by atoms with van der Waals surface area (Å²) in [5.41, 5.74) is 5.58. The van der Waals surface area contributed by atoms with Gasteiger partial charge >= 0.3 is 5.97 Å². The number of hydrogen-bond donors (Lipinski definition) is 3. The van der Waals surface area contributed by atoms with E-state index in [-0.39, 0.29) is 24.5 Å². The molecule has 0 radical (unpaired) electrons. The minimum absolute atomic E-state index is 0.156. The Morgan fingerprint density at radius 3 is 2.33 bits per heavy atom. The molecular formula is C12H25N3O3. The third-order valence-corrected chi connectivity index (χ3v) is 2.60. The van der Waals surface area contributed by atoms with Crippen LogP contribution in [0.3, 0.4) is 0 Å². The van der Waals surface area contributed by atoms with Crippen LogP contribution in [-0.4, -0.2) is 44.7 Å². The van der Waals surface area contributed by atoms with E-state index in [0.29, 0.717) is 12.3 Å². The first-order valence-corrected chi connectivity index (χ1v) is 6.23. The predicted molar refractivity (Wildman–Crippen MR) is 69.9 cm³/mol. The Bertz CT molecular complexity index is 269. The van der Waals surface area contributed by atoms with Gasteiger partial charge in [0.05, 0.1) is 12.6 Å². The summed E-state index contributed by atoms with van der Waals surface area (Å²) >= 11 is 0. The lowest BCUT2D eigenvalue weighted by molar-refractivity contribution is -0.147. The largest absolute Gasteiger partial charge is 0.464 e. The highest BCUT2D eigenvalue weighted by molar-refractivity contribution is 5.81. The van der Waals surface area contributed by atoms with Gasteiger partial charge in [-0.3, -0.25) is 9.59 Å². The molecule has 0 spiro atoms. The van der Waals surface area contributed by atoms with E-state index in [0.717, 1.165) is 6.42 Å². The minimum Gasteiger partial charge on any atom is -0.464 e. The lowest BCUT2D eigenvalue weighted by Gasteiger charge is -2.17. The smallest absolute Gasteiger partial charge is 0.323 e. The Balaban J connectivity index is 3.97. The molecule has 0 unspecified atom stereocenters. The van der Waals surface area contributed by atoms with E-state index in [1.54, 1.807) is 7.05 Å². The van der Waals surface area contributed by atoms with E-state index in [1.807, 2.05) is 13.8 Å². The van der Waals surface area contributed by atoms with Crippen molar-refractivity contribution >= 4 is 11.9 Å². The van der Waals surface area contributed by atoms with Crippen molar-refractivity contribution in [1.82, 2.24) is 10.6 Å². The molecule has 0 aromatic heterocycles. The van der Waals surface area contributed by atoms with Crippen LogP contribution in [0.2, 0.25) is 0 Å². The average molecular weight is 259 g/mol. The first kappa shape index (κ1) is 16.9. The van der Waals surface area contributed by atoms with E-state index in [1.165, 1.54) is 7.05 Å². The molecule has 0 bridgehead atoms. The summed E-state index contributed by atoms with van der Waals surface area (Å²) in [6.45, 7) is 4.24. The van der Waals surface area contributed by atoms with Gasteiger partial charge in [-0.05, 0) is 19.4 Å². The van der Waals surface area contributed by atoms with E-state index in [2.05, 4.69) is 10.6 Å². The highest BCUT2D eigenvalue weighted by Crippen LogP contribution is 2.06. The van der Waals surface area contributed by atoms with Crippen LogP contribution in [0.4, 0.5) is 0 Å². The number of amides is 1. The number of rotatable bonds is 8. The Morgan fingerprint density at radius 1 is 1.28 bits per heavy atom. The van der Waals surface area contributed by atoms with Crippen molar-refractivity contribution in [2.75, 3.05) is 20.7 Å². The summed E-state index contributed by atoms with van der Waals surface area (Å²) in [5, 5.41) is 5.37. The molecule has 18 heavy (non-hydrogen) atoms. The fraction of sp³-hybridized carbons (Fsp3) is 0.833. The molecule has 0 aliphatic carbocycles. The molecule has 6 heteroatoms. The van der Waals surface area contributed by atoms with Crippen LogP contribution >= 0.6 is 0 Å². The second-order valence-corrected chi connectivity index (χ2v) is 4.65. The molecule has 0 heterocycles. The topological polar surface area (TPSA) is 93.5 Å². The van der Waals surface area contributed by atoms with Gasteiger partial charge in [-0.15, -0.1) is 0 Å². The third-order valence-electron chi connectivity index (χ3n) is 2.60. The molecule has 106 valence electrons. The molecule has 0 aliphatic heterocycles. The molecule has 0 aliphatic rings. The normalized spacial score (nSPS) is 14.1. The lowest BCUT2D eigenvalue weighted by atomic mass is 10.0. The number of nitrogens with two attached hydrogens (primary N) is 1. The van der Waals surface area contributed by atoms with Crippen molar-refractivity contribution in [3.8, 4) is 0 Å². The van der Waals surface area contributed by atoms with Crippen LogP contribution in [0.25, 0.3) is 0 Å². The monoisotopic (exact) mass is 259 g/mol. The maximum atomic E-state index is 11.7. The summed E-state index contributed by atoms with van der Waals surface area (Å²) < 4.78 is 5.10. The molecule has 2 atom stereocenters. The molecule has 0 saturated heterocycles. The van der Waals surface area contributed by atoms with E-state index in [9.17, 15) is 9.59 Å². The van der Waals surface area contributed by atoms with E-state index >= 15 is 0 Å². The first-order chi connectivity index (χ1) is 8.42. The number of nitrogens with one attached hydrogen (secondary N) is 2. The third kappa shape index (κ3) is 6.56. The number of carbonyl (C=O) groups is 2. The van der Waals surface area contributed by atoms with Crippen molar-refractivity contribution in [1.29, 1.82) is 0 Å². The highest BCUT2D eigenvalue weighted by atomic mass is 16.5. The van der Waals surface area contributed by atoms with Gasteiger partial charge in [0, 0.05) is 13.5 Å². The predicted octanol–water partition coefficient (Wildman–Crippen LogP) is -0.373. The lowest BCUT2D eigenvalue weighted by Crippen LogP contribution is -2.41. The van der Waals surface area contributed by atoms with Crippen LogP contribution in [-0.2, 0) is 14.3 Å². The highest BCUT2D eigenvalue weighted by Gasteiger charge is 2.20. The van der Waals surface area contributed by atoms with Crippen LogP contribution in [0, 0.1) is 5.92 Å². The molecule has 0 fully saturated rings. The molecule has 4 N–H and O–H groups in total. The number of esters is 1. The van der Waals surface area contributed by atoms with Gasteiger partial charge in [-0.2, -0.15) is 0 Å². The van der Waals surface area contributed by atoms with Crippen LogP contribution in [0.15, 0.2) is 0 Å². The maximum absolute atomic E-state index is 11.7. The molecule has 1 amide bonds. The molecule has 0 aromatic rings. The Morgan fingerprint density at radius 2 is 1.89 bits per heavy atom. The van der Waals surface area contributed by atoms with Gasteiger partial charge in [0.25, 0.3) is 0 Å². The van der Waals surface area contributed by atoms with Crippen LogP contribution in [0.5, 0.6) is 0 Å². The van der Waals surface area contributed by atoms with Gasteiger partial charge in [-0.25, -0.2) is 0 Å².